The summed E-state index contributed by atoms with van der Waals surface area (Å²) in [6.07, 6.45) is 0.874. The van der Waals surface area contributed by atoms with Crippen molar-refractivity contribution in [3.63, 3.8) is 0 Å². The molecule has 4 nitrogen and oxygen atoms in total. The third-order valence-electron chi connectivity index (χ3n) is 3.31. The molecule has 2 N–H and O–H groups in total. The third-order valence-corrected chi connectivity index (χ3v) is 4.39. The van der Waals surface area contributed by atoms with Crippen LogP contribution in [0.25, 0.3) is 0 Å². The molecule has 0 aliphatic carbocycles. The maximum Gasteiger partial charge on any atom is 0.345 e. The first-order valence-electron chi connectivity index (χ1n) is 6.77. The number of hydrogen-bond acceptors (Lipinski definition) is 4. The second kappa shape index (κ2) is 7.24. The molecule has 0 radical (unpaired) electrons. The smallest absolute Gasteiger partial charge is 0.345 e. The molecule has 0 fully saturated rings. The minimum Gasteiger partial charge on any atom is -0.496 e. The van der Waals surface area contributed by atoms with E-state index >= 15 is 0 Å². The van der Waals surface area contributed by atoms with Crippen LogP contribution in [-0.4, -0.2) is 24.7 Å². The van der Waals surface area contributed by atoms with E-state index in [0.29, 0.717) is 11.4 Å². The first kappa shape index (κ1) is 15.5. The Morgan fingerprint density at radius 2 is 2.10 bits per heavy atom. The second-order valence-corrected chi connectivity index (χ2v) is 5.99. The molecule has 1 aromatic carbocycles. The largest absolute Gasteiger partial charge is 0.496 e. The molecule has 0 spiro atoms. The number of methoxy groups -OCH3 is 1. The van der Waals surface area contributed by atoms with Gasteiger partial charge in [0.2, 0.25) is 0 Å². The molecule has 0 bridgehead atoms. The Hall–Kier alpha value is -1.85. The Morgan fingerprint density at radius 3 is 2.76 bits per heavy atom. The molecule has 0 atom stereocenters. The van der Waals surface area contributed by atoms with E-state index in [4.69, 9.17) is 9.84 Å². The van der Waals surface area contributed by atoms with Gasteiger partial charge in [0, 0.05) is 11.4 Å². The summed E-state index contributed by atoms with van der Waals surface area (Å²) in [5, 5.41) is 12.3. The predicted octanol–water partition coefficient (Wildman–Crippen LogP) is 3.10. The van der Waals surface area contributed by atoms with Gasteiger partial charge in [0.05, 0.1) is 7.11 Å². The zero-order chi connectivity index (χ0) is 15.2. The van der Waals surface area contributed by atoms with Crippen LogP contribution in [0.15, 0.2) is 30.3 Å². The fourth-order valence-electron chi connectivity index (χ4n) is 2.16. The van der Waals surface area contributed by atoms with E-state index in [9.17, 15) is 4.79 Å². The molecule has 0 amide bonds. The number of carboxylic acid groups (broad SMARTS) is 1. The number of para-hydroxylation sites is 1. The van der Waals surface area contributed by atoms with Crippen molar-refractivity contribution >= 4 is 17.3 Å². The lowest BCUT2D eigenvalue weighted by molar-refractivity contribution is 0.0702. The molecule has 2 rings (SSSR count). The van der Waals surface area contributed by atoms with Gasteiger partial charge < -0.3 is 15.2 Å². The maximum absolute atomic E-state index is 10.9. The first-order chi connectivity index (χ1) is 10.1. The lowest BCUT2D eigenvalue weighted by Crippen LogP contribution is -2.17. The lowest BCUT2D eigenvalue weighted by Gasteiger charge is -2.08. The lowest BCUT2D eigenvalue weighted by atomic mass is 10.1. The Kier molecular flexibility index (Phi) is 5.36. The Bertz CT molecular complexity index is 622. The van der Waals surface area contributed by atoms with Gasteiger partial charge in [0.1, 0.15) is 10.6 Å². The number of rotatable bonds is 7. The average Bonchev–Trinajstić information content (AvgIpc) is 2.85. The van der Waals surface area contributed by atoms with Crippen LogP contribution in [0.4, 0.5) is 0 Å². The van der Waals surface area contributed by atoms with Crippen molar-refractivity contribution in [3.05, 3.63) is 51.2 Å². The summed E-state index contributed by atoms with van der Waals surface area (Å²) >= 11 is 1.32. The Morgan fingerprint density at radius 1 is 1.33 bits per heavy atom. The van der Waals surface area contributed by atoms with Crippen LogP contribution < -0.4 is 10.1 Å². The summed E-state index contributed by atoms with van der Waals surface area (Å²) in [5.74, 6) is 0.0440. The van der Waals surface area contributed by atoms with Crippen molar-refractivity contribution in [2.45, 2.75) is 19.9 Å². The van der Waals surface area contributed by atoms with Crippen molar-refractivity contribution in [3.8, 4) is 5.75 Å². The zero-order valence-electron chi connectivity index (χ0n) is 12.2. The van der Waals surface area contributed by atoms with E-state index in [1.807, 2.05) is 25.1 Å². The number of aromatic carboxylic acids is 1. The van der Waals surface area contributed by atoms with E-state index in [1.54, 1.807) is 13.2 Å². The quantitative estimate of drug-likeness (QED) is 0.772. The highest BCUT2D eigenvalue weighted by Gasteiger charge is 2.10. The third kappa shape index (κ3) is 4.06. The number of aryl methyl sites for hydroxylation is 1. The number of ether oxygens (including phenoxy) is 1. The van der Waals surface area contributed by atoms with Crippen molar-refractivity contribution in [1.82, 2.24) is 5.32 Å². The molecular weight excluding hydrogens is 286 g/mol. The molecule has 1 aromatic heterocycles. The average molecular weight is 305 g/mol. The maximum atomic E-state index is 10.9. The van der Waals surface area contributed by atoms with Gasteiger partial charge in [0.25, 0.3) is 0 Å². The van der Waals surface area contributed by atoms with Crippen LogP contribution >= 0.6 is 11.3 Å². The standard InChI is InChI=1S/C16H19NO3S/c1-11-13(9-15(21-11)16(18)19)10-17-8-7-12-5-3-4-6-14(12)20-2/h3-6,9,17H,7-8,10H2,1-2H3,(H,18,19). The SMILES string of the molecule is COc1ccccc1CCNCc1cc(C(=O)O)sc1C. The van der Waals surface area contributed by atoms with Gasteiger partial charge in [-0.2, -0.15) is 0 Å². The van der Waals surface area contributed by atoms with Gasteiger partial charge in [-0.15, -0.1) is 11.3 Å². The highest BCUT2D eigenvalue weighted by Crippen LogP contribution is 2.21. The van der Waals surface area contributed by atoms with Crippen LogP contribution in [0.5, 0.6) is 5.75 Å². The van der Waals surface area contributed by atoms with Crippen LogP contribution in [0.1, 0.15) is 25.7 Å². The van der Waals surface area contributed by atoms with E-state index < -0.39 is 5.97 Å². The molecular formula is C16H19NO3S. The number of benzene rings is 1. The monoisotopic (exact) mass is 305 g/mol. The van der Waals surface area contributed by atoms with Crippen LogP contribution in [-0.2, 0) is 13.0 Å². The van der Waals surface area contributed by atoms with Crippen LogP contribution in [0, 0.1) is 6.92 Å². The summed E-state index contributed by atoms with van der Waals surface area (Å²) in [7, 11) is 1.68. The van der Waals surface area contributed by atoms with E-state index in [1.165, 1.54) is 16.9 Å². The van der Waals surface area contributed by atoms with E-state index in [0.717, 1.165) is 29.2 Å². The van der Waals surface area contributed by atoms with Gasteiger partial charge in [-0.3, -0.25) is 0 Å². The molecule has 21 heavy (non-hydrogen) atoms. The van der Waals surface area contributed by atoms with Gasteiger partial charge in [-0.05, 0) is 43.1 Å². The molecule has 112 valence electrons. The summed E-state index contributed by atoms with van der Waals surface area (Å²) < 4.78 is 5.32. The number of thiophene rings is 1. The van der Waals surface area contributed by atoms with Crippen molar-refractivity contribution in [2.75, 3.05) is 13.7 Å². The number of hydrogen-bond donors (Lipinski definition) is 2. The number of carbonyl (C=O) groups is 1. The molecule has 0 saturated carbocycles. The molecule has 5 heteroatoms. The molecule has 2 aromatic rings. The van der Waals surface area contributed by atoms with Crippen LogP contribution in [0.2, 0.25) is 0 Å². The topological polar surface area (TPSA) is 58.6 Å². The number of nitrogens with one attached hydrogen (secondary N) is 1. The highest BCUT2D eigenvalue weighted by atomic mass is 32.1. The van der Waals surface area contributed by atoms with Crippen LogP contribution in [0.3, 0.4) is 0 Å². The van der Waals surface area contributed by atoms with E-state index in [-0.39, 0.29) is 0 Å². The minimum atomic E-state index is -0.858. The molecule has 0 saturated heterocycles. The molecule has 0 aliphatic heterocycles. The fraction of sp³-hybridized carbons (Fsp3) is 0.312. The Labute approximate surface area is 128 Å². The predicted molar refractivity (Wildman–Crippen MR) is 84.4 cm³/mol. The summed E-state index contributed by atoms with van der Waals surface area (Å²) in [6.45, 7) is 3.46. The summed E-state index contributed by atoms with van der Waals surface area (Å²) in [4.78, 5) is 12.4. The highest BCUT2D eigenvalue weighted by molar-refractivity contribution is 7.14. The minimum absolute atomic E-state index is 0.397. The van der Waals surface area contributed by atoms with Gasteiger partial charge in [0.15, 0.2) is 0 Å². The van der Waals surface area contributed by atoms with Crippen molar-refractivity contribution in [2.24, 2.45) is 0 Å². The Balaban J connectivity index is 1.86. The normalized spacial score (nSPS) is 10.6. The zero-order valence-corrected chi connectivity index (χ0v) is 13.0. The van der Waals surface area contributed by atoms with Gasteiger partial charge in [-0.1, -0.05) is 18.2 Å². The van der Waals surface area contributed by atoms with Crippen molar-refractivity contribution < 1.29 is 14.6 Å². The second-order valence-electron chi connectivity index (χ2n) is 4.74. The van der Waals surface area contributed by atoms with Gasteiger partial charge >= 0.3 is 5.97 Å². The molecule has 0 unspecified atom stereocenters. The van der Waals surface area contributed by atoms with Crippen molar-refractivity contribution in [1.29, 1.82) is 0 Å². The fourth-order valence-corrected chi connectivity index (χ4v) is 3.04. The summed E-state index contributed by atoms with van der Waals surface area (Å²) in [5.41, 5.74) is 2.22. The van der Waals surface area contributed by atoms with E-state index in [2.05, 4.69) is 11.4 Å². The number of carboxylic acids is 1. The van der Waals surface area contributed by atoms with Gasteiger partial charge in [-0.25, -0.2) is 4.79 Å². The molecule has 1 heterocycles. The first-order valence-corrected chi connectivity index (χ1v) is 7.58. The molecule has 0 aliphatic rings. The summed E-state index contributed by atoms with van der Waals surface area (Å²) in [6, 6.07) is 9.72.